The predicted molar refractivity (Wildman–Crippen MR) is 141 cm³/mol. The molecule has 11 heteroatoms. The number of nitrogens with one attached hydrogen (secondary N) is 1. The van der Waals surface area contributed by atoms with Crippen LogP contribution in [0.1, 0.15) is 45.9 Å². The number of pyridine rings is 1. The van der Waals surface area contributed by atoms with Crippen molar-refractivity contribution in [2.45, 2.75) is 59.1 Å². The molecule has 196 valence electrons. The van der Waals surface area contributed by atoms with E-state index < -0.39 is 11.1 Å². The van der Waals surface area contributed by atoms with Crippen molar-refractivity contribution in [3.63, 3.8) is 0 Å². The maximum atomic E-state index is 13.2. The standard InChI is InChI=1S/C26H34N8O3/c1-17-14-32-15-18(13-28-22(32)29-17)30-23(35)33-10-8-19-20(7-9-27-21(19)33)31-11-12-34(26(5,6)16-31)24(36)37-25(2,3)4/h7,9,13-15H,8,10-12,16H2,1-6H3,(H,30,35). The fraction of sp³-hybridized carbons (Fsp3) is 0.500. The zero-order valence-electron chi connectivity index (χ0n) is 22.3. The molecule has 3 aromatic rings. The van der Waals surface area contributed by atoms with E-state index in [-0.39, 0.29) is 12.1 Å². The Morgan fingerprint density at radius 2 is 1.89 bits per heavy atom. The highest BCUT2D eigenvalue weighted by Gasteiger charge is 2.40. The molecule has 0 atom stereocenters. The fourth-order valence-corrected chi connectivity index (χ4v) is 5.04. The van der Waals surface area contributed by atoms with Gasteiger partial charge in [0.05, 0.1) is 23.1 Å². The number of urea groups is 1. The van der Waals surface area contributed by atoms with Gasteiger partial charge >= 0.3 is 12.1 Å². The van der Waals surface area contributed by atoms with Crippen molar-refractivity contribution in [1.29, 1.82) is 0 Å². The average molecular weight is 507 g/mol. The monoisotopic (exact) mass is 506 g/mol. The summed E-state index contributed by atoms with van der Waals surface area (Å²) in [6, 6.07) is 1.75. The van der Waals surface area contributed by atoms with Gasteiger partial charge in [-0.2, -0.15) is 0 Å². The summed E-state index contributed by atoms with van der Waals surface area (Å²) in [4.78, 5) is 45.0. The second-order valence-electron chi connectivity index (χ2n) is 11.3. The van der Waals surface area contributed by atoms with Crippen molar-refractivity contribution < 1.29 is 14.3 Å². The normalized spacial score (nSPS) is 17.2. The van der Waals surface area contributed by atoms with Crippen LogP contribution < -0.4 is 15.1 Å². The Balaban J connectivity index is 1.32. The number of rotatable bonds is 2. The molecule has 0 unspecified atom stereocenters. The molecule has 0 aromatic carbocycles. The molecule has 1 N–H and O–H groups in total. The van der Waals surface area contributed by atoms with E-state index in [1.165, 1.54) is 0 Å². The van der Waals surface area contributed by atoms with Gasteiger partial charge in [0.25, 0.3) is 0 Å². The second-order valence-corrected chi connectivity index (χ2v) is 11.3. The number of anilines is 3. The minimum atomic E-state index is -0.542. The van der Waals surface area contributed by atoms with Crippen LogP contribution >= 0.6 is 0 Å². The van der Waals surface area contributed by atoms with E-state index in [1.807, 2.05) is 44.9 Å². The quantitative estimate of drug-likeness (QED) is 0.562. The first-order valence-corrected chi connectivity index (χ1v) is 12.5. The zero-order valence-corrected chi connectivity index (χ0v) is 22.3. The first-order chi connectivity index (χ1) is 17.4. The molecule has 37 heavy (non-hydrogen) atoms. The van der Waals surface area contributed by atoms with E-state index in [4.69, 9.17) is 4.74 Å². The third-order valence-corrected chi connectivity index (χ3v) is 6.63. The van der Waals surface area contributed by atoms with Crippen LogP contribution in [0, 0.1) is 6.92 Å². The topological polar surface area (TPSA) is 108 Å². The summed E-state index contributed by atoms with van der Waals surface area (Å²) in [5, 5.41) is 2.94. The van der Waals surface area contributed by atoms with Crippen molar-refractivity contribution in [1.82, 2.24) is 24.3 Å². The van der Waals surface area contributed by atoms with Gasteiger partial charge in [-0.1, -0.05) is 0 Å². The number of aromatic nitrogens is 4. The van der Waals surface area contributed by atoms with Crippen molar-refractivity contribution >= 4 is 35.1 Å². The van der Waals surface area contributed by atoms with Gasteiger partial charge in [0.1, 0.15) is 11.4 Å². The molecule has 0 bridgehead atoms. The van der Waals surface area contributed by atoms with Crippen LogP contribution in [0.3, 0.4) is 0 Å². The van der Waals surface area contributed by atoms with E-state index in [0.29, 0.717) is 49.9 Å². The minimum absolute atomic E-state index is 0.253. The summed E-state index contributed by atoms with van der Waals surface area (Å²) in [6.45, 7) is 14.0. The van der Waals surface area contributed by atoms with Crippen LogP contribution in [-0.4, -0.2) is 73.7 Å². The Bertz CT molecular complexity index is 1360. The zero-order chi connectivity index (χ0) is 26.5. The lowest BCUT2D eigenvalue weighted by Gasteiger charge is -2.48. The first kappa shape index (κ1) is 24.8. The highest BCUT2D eigenvalue weighted by atomic mass is 16.6. The predicted octanol–water partition coefficient (Wildman–Crippen LogP) is 3.86. The molecule has 3 aromatic heterocycles. The lowest BCUT2D eigenvalue weighted by atomic mass is 9.98. The molecule has 3 amide bonds. The maximum absolute atomic E-state index is 13.2. The van der Waals surface area contributed by atoms with Crippen LogP contribution in [0.5, 0.6) is 0 Å². The molecule has 0 aliphatic carbocycles. The number of imidazole rings is 1. The number of amides is 3. The Hall–Kier alpha value is -3.89. The number of fused-ring (bicyclic) bond motifs is 2. The van der Waals surface area contributed by atoms with Gasteiger partial charge in [0.2, 0.25) is 5.78 Å². The number of hydrogen-bond donors (Lipinski definition) is 1. The maximum Gasteiger partial charge on any atom is 0.410 e. The third kappa shape index (κ3) is 4.90. The van der Waals surface area contributed by atoms with E-state index >= 15 is 0 Å². The summed E-state index contributed by atoms with van der Waals surface area (Å²) in [5.41, 5.74) is 2.56. The summed E-state index contributed by atoms with van der Waals surface area (Å²) in [5.74, 6) is 1.25. The number of carbonyl (C=O) groups is 2. The lowest BCUT2D eigenvalue weighted by molar-refractivity contribution is 0.000364. The Kier molecular flexibility index (Phi) is 5.96. The van der Waals surface area contributed by atoms with Crippen molar-refractivity contribution in [2.75, 3.05) is 41.3 Å². The van der Waals surface area contributed by atoms with E-state index in [1.54, 1.807) is 27.9 Å². The highest BCUT2D eigenvalue weighted by Crippen LogP contribution is 2.36. The second kappa shape index (κ2) is 8.89. The molecule has 2 aliphatic rings. The van der Waals surface area contributed by atoms with Gasteiger partial charge in [-0.25, -0.2) is 24.5 Å². The Morgan fingerprint density at radius 3 is 2.62 bits per heavy atom. The van der Waals surface area contributed by atoms with Crippen LogP contribution in [0.4, 0.5) is 26.8 Å². The lowest BCUT2D eigenvalue weighted by Crippen LogP contribution is -2.62. The van der Waals surface area contributed by atoms with Crippen molar-refractivity contribution in [3.05, 3.63) is 42.1 Å². The Labute approximate surface area is 216 Å². The minimum Gasteiger partial charge on any atom is -0.444 e. The number of aryl methyl sites for hydroxylation is 1. The fourth-order valence-electron chi connectivity index (χ4n) is 5.04. The molecule has 5 heterocycles. The third-order valence-electron chi connectivity index (χ3n) is 6.63. The molecule has 0 spiro atoms. The molecule has 0 radical (unpaired) electrons. The van der Waals surface area contributed by atoms with Gasteiger partial charge in [-0.05, 0) is 54.0 Å². The van der Waals surface area contributed by atoms with Crippen LogP contribution in [0.25, 0.3) is 5.78 Å². The smallest absolute Gasteiger partial charge is 0.410 e. The molecule has 1 fully saturated rings. The number of hydrogen-bond acceptors (Lipinski definition) is 7. The molecule has 1 saturated heterocycles. The van der Waals surface area contributed by atoms with Gasteiger partial charge in [0.15, 0.2) is 0 Å². The van der Waals surface area contributed by atoms with Gasteiger partial charge < -0.3 is 15.0 Å². The van der Waals surface area contributed by atoms with E-state index in [9.17, 15) is 9.59 Å². The van der Waals surface area contributed by atoms with Gasteiger partial charge in [-0.15, -0.1) is 0 Å². The molecule has 0 saturated carbocycles. The SMILES string of the molecule is Cc1cn2cc(NC(=O)N3CCc4c(N5CCN(C(=O)OC(C)(C)C)C(C)(C)C5)ccnc43)cnc2n1. The van der Waals surface area contributed by atoms with Crippen LogP contribution in [-0.2, 0) is 11.2 Å². The van der Waals surface area contributed by atoms with E-state index in [2.05, 4.69) is 39.0 Å². The summed E-state index contributed by atoms with van der Waals surface area (Å²) in [7, 11) is 0. The van der Waals surface area contributed by atoms with Gasteiger partial charge in [-0.3, -0.25) is 14.2 Å². The number of carbonyl (C=O) groups excluding carboxylic acids is 2. The number of ether oxygens (including phenoxy) is 1. The molecular weight excluding hydrogens is 472 g/mol. The average Bonchev–Trinajstić information content (AvgIpc) is 3.39. The highest BCUT2D eigenvalue weighted by molar-refractivity contribution is 6.02. The largest absolute Gasteiger partial charge is 0.444 e. The number of piperazine rings is 1. The molecule has 11 nitrogen and oxygen atoms in total. The Morgan fingerprint density at radius 1 is 1.11 bits per heavy atom. The van der Waals surface area contributed by atoms with Crippen LogP contribution in [0.15, 0.2) is 30.9 Å². The van der Waals surface area contributed by atoms with Crippen molar-refractivity contribution in [3.8, 4) is 0 Å². The molecular formula is C26H34N8O3. The molecule has 5 rings (SSSR count). The van der Waals surface area contributed by atoms with Gasteiger partial charge in [0, 0.05) is 56.0 Å². The van der Waals surface area contributed by atoms with Crippen molar-refractivity contribution in [2.24, 2.45) is 0 Å². The summed E-state index contributed by atoms with van der Waals surface area (Å²) >= 11 is 0. The first-order valence-electron chi connectivity index (χ1n) is 12.5. The van der Waals surface area contributed by atoms with E-state index in [0.717, 1.165) is 16.9 Å². The summed E-state index contributed by atoms with van der Waals surface area (Å²) < 4.78 is 7.43. The number of nitrogens with zero attached hydrogens (tertiary/aromatic N) is 7. The summed E-state index contributed by atoms with van der Waals surface area (Å²) in [6.07, 6.45) is 7.42. The van der Waals surface area contributed by atoms with Crippen LogP contribution in [0.2, 0.25) is 0 Å². The molecule has 2 aliphatic heterocycles.